The maximum absolute atomic E-state index is 12.7. The number of thiophene rings is 1. The van der Waals surface area contributed by atoms with Gasteiger partial charge in [-0.3, -0.25) is 4.79 Å². The summed E-state index contributed by atoms with van der Waals surface area (Å²) in [5.74, 6) is 1.14. The van der Waals surface area contributed by atoms with Gasteiger partial charge in [0.15, 0.2) is 16.7 Å². The lowest BCUT2D eigenvalue weighted by Crippen LogP contribution is -2.16. The Morgan fingerprint density at radius 1 is 1.18 bits per heavy atom. The van der Waals surface area contributed by atoms with Gasteiger partial charge in [0.1, 0.15) is 16.3 Å². The van der Waals surface area contributed by atoms with Crippen LogP contribution in [0.15, 0.2) is 57.6 Å². The standard InChI is InChI=1S/C22H20N4O5S2/c1-26-19(16-5-4-10-31-16)24-25-22(26)33-12-17(27)23-20-18(21(28)30-3)15(11-32-20)13-6-8-14(29-2)9-7-13/h4-11H,12H2,1-3H3,(H,23,27). The second kappa shape index (κ2) is 9.92. The summed E-state index contributed by atoms with van der Waals surface area (Å²) in [5.41, 5.74) is 1.80. The van der Waals surface area contributed by atoms with Crippen LogP contribution in [0.4, 0.5) is 5.00 Å². The molecule has 0 bridgehead atoms. The highest BCUT2D eigenvalue weighted by molar-refractivity contribution is 7.99. The van der Waals surface area contributed by atoms with Gasteiger partial charge in [0.2, 0.25) is 5.91 Å². The third kappa shape index (κ3) is 4.78. The van der Waals surface area contributed by atoms with E-state index in [1.807, 2.05) is 17.5 Å². The number of carbonyl (C=O) groups excluding carboxylic acids is 2. The van der Waals surface area contributed by atoms with Crippen molar-refractivity contribution >= 4 is 40.0 Å². The van der Waals surface area contributed by atoms with Gasteiger partial charge in [0, 0.05) is 18.0 Å². The van der Waals surface area contributed by atoms with Crippen LogP contribution in [0.5, 0.6) is 5.75 Å². The molecule has 4 rings (SSSR count). The molecule has 0 spiro atoms. The molecule has 0 radical (unpaired) electrons. The number of thioether (sulfide) groups is 1. The first-order chi connectivity index (χ1) is 16.0. The molecular weight excluding hydrogens is 464 g/mol. The Kier molecular flexibility index (Phi) is 6.80. The summed E-state index contributed by atoms with van der Waals surface area (Å²) in [6.45, 7) is 0. The lowest BCUT2D eigenvalue weighted by atomic mass is 10.0. The van der Waals surface area contributed by atoms with Crippen molar-refractivity contribution in [2.24, 2.45) is 7.05 Å². The smallest absolute Gasteiger partial charge is 0.341 e. The normalized spacial score (nSPS) is 10.8. The molecule has 1 N–H and O–H groups in total. The molecule has 1 aromatic carbocycles. The number of amides is 1. The van der Waals surface area contributed by atoms with E-state index in [4.69, 9.17) is 13.9 Å². The molecule has 1 amide bonds. The van der Waals surface area contributed by atoms with Crippen molar-refractivity contribution in [3.63, 3.8) is 0 Å². The summed E-state index contributed by atoms with van der Waals surface area (Å²) in [6.07, 6.45) is 1.56. The van der Waals surface area contributed by atoms with Crippen LogP contribution in [0, 0.1) is 0 Å². The maximum Gasteiger partial charge on any atom is 0.341 e. The monoisotopic (exact) mass is 484 g/mol. The van der Waals surface area contributed by atoms with Gasteiger partial charge in [-0.25, -0.2) is 4.79 Å². The first kappa shape index (κ1) is 22.6. The number of rotatable bonds is 8. The fourth-order valence-corrected chi connectivity index (χ4v) is 4.78. The summed E-state index contributed by atoms with van der Waals surface area (Å²) < 4.78 is 17.3. The summed E-state index contributed by atoms with van der Waals surface area (Å²) >= 11 is 2.49. The number of hydrogen-bond acceptors (Lipinski definition) is 9. The molecule has 0 unspecified atom stereocenters. The van der Waals surface area contributed by atoms with E-state index in [0.717, 1.165) is 5.56 Å². The molecule has 33 heavy (non-hydrogen) atoms. The Labute approximate surface area is 197 Å². The van der Waals surface area contributed by atoms with E-state index in [9.17, 15) is 9.59 Å². The van der Waals surface area contributed by atoms with Gasteiger partial charge in [0.05, 0.1) is 26.2 Å². The van der Waals surface area contributed by atoms with E-state index in [1.54, 1.807) is 49.3 Å². The van der Waals surface area contributed by atoms with Crippen LogP contribution in [-0.2, 0) is 16.6 Å². The molecule has 4 aromatic rings. The molecule has 11 heteroatoms. The molecule has 0 saturated heterocycles. The zero-order chi connectivity index (χ0) is 23.4. The molecule has 0 aliphatic carbocycles. The van der Waals surface area contributed by atoms with Crippen molar-refractivity contribution in [1.82, 2.24) is 14.8 Å². The van der Waals surface area contributed by atoms with Crippen LogP contribution in [0.3, 0.4) is 0 Å². The van der Waals surface area contributed by atoms with Crippen molar-refractivity contribution in [2.75, 3.05) is 25.3 Å². The number of anilines is 1. The highest BCUT2D eigenvalue weighted by Crippen LogP contribution is 2.37. The summed E-state index contributed by atoms with van der Waals surface area (Å²) in [6, 6.07) is 10.9. The first-order valence-electron chi connectivity index (χ1n) is 9.72. The minimum absolute atomic E-state index is 0.0838. The van der Waals surface area contributed by atoms with Gasteiger partial charge < -0.3 is 23.8 Å². The minimum Gasteiger partial charge on any atom is -0.497 e. The van der Waals surface area contributed by atoms with Crippen LogP contribution < -0.4 is 10.1 Å². The number of methoxy groups -OCH3 is 2. The Hall–Kier alpha value is -3.57. The number of aromatic nitrogens is 3. The number of nitrogens with one attached hydrogen (secondary N) is 1. The number of hydrogen-bond donors (Lipinski definition) is 1. The van der Waals surface area contributed by atoms with E-state index >= 15 is 0 Å². The number of benzene rings is 1. The van der Waals surface area contributed by atoms with E-state index in [1.165, 1.54) is 30.2 Å². The van der Waals surface area contributed by atoms with Crippen molar-refractivity contribution in [3.05, 3.63) is 53.6 Å². The van der Waals surface area contributed by atoms with Crippen molar-refractivity contribution < 1.29 is 23.5 Å². The van der Waals surface area contributed by atoms with Crippen LogP contribution in [0.2, 0.25) is 0 Å². The Bertz CT molecular complexity index is 1260. The van der Waals surface area contributed by atoms with Gasteiger partial charge in [-0.1, -0.05) is 23.9 Å². The number of furan rings is 1. The number of ether oxygens (including phenoxy) is 2. The van der Waals surface area contributed by atoms with Gasteiger partial charge in [-0.05, 0) is 29.8 Å². The average molecular weight is 485 g/mol. The number of esters is 1. The quantitative estimate of drug-likeness (QED) is 0.291. The SMILES string of the molecule is COC(=O)c1c(-c2ccc(OC)cc2)csc1NC(=O)CSc1nnc(-c2ccco2)n1C. The van der Waals surface area contributed by atoms with Crippen LogP contribution in [0.1, 0.15) is 10.4 Å². The summed E-state index contributed by atoms with van der Waals surface area (Å²) in [5, 5.41) is 13.9. The largest absolute Gasteiger partial charge is 0.497 e. The molecule has 0 atom stereocenters. The Balaban J connectivity index is 1.49. The molecule has 3 heterocycles. The Morgan fingerprint density at radius 2 is 1.97 bits per heavy atom. The van der Waals surface area contributed by atoms with Crippen LogP contribution >= 0.6 is 23.1 Å². The number of nitrogens with zero attached hydrogens (tertiary/aromatic N) is 3. The van der Waals surface area contributed by atoms with Crippen molar-refractivity contribution in [3.8, 4) is 28.5 Å². The first-order valence-corrected chi connectivity index (χ1v) is 11.6. The lowest BCUT2D eigenvalue weighted by molar-refractivity contribution is -0.113. The minimum atomic E-state index is -0.526. The molecule has 170 valence electrons. The molecule has 3 aromatic heterocycles. The van der Waals surface area contributed by atoms with Gasteiger partial charge in [-0.2, -0.15) is 0 Å². The van der Waals surface area contributed by atoms with E-state index < -0.39 is 5.97 Å². The highest BCUT2D eigenvalue weighted by Gasteiger charge is 2.23. The number of carbonyl (C=O) groups is 2. The van der Waals surface area contributed by atoms with Gasteiger partial charge in [-0.15, -0.1) is 21.5 Å². The molecule has 0 aliphatic heterocycles. The summed E-state index contributed by atoms with van der Waals surface area (Å²) in [7, 11) is 4.70. The second-order valence-corrected chi connectivity index (χ2v) is 8.58. The van der Waals surface area contributed by atoms with Gasteiger partial charge in [0.25, 0.3) is 0 Å². The van der Waals surface area contributed by atoms with Crippen molar-refractivity contribution in [1.29, 1.82) is 0 Å². The van der Waals surface area contributed by atoms with Crippen LogP contribution in [0.25, 0.3) is 22.7 Å². The van der Waals surface area contributed by atoms with Crippen molar-refractivity contribution in [2.45, 2.75) is 5.16 Å². The predicted molar refractivity (Wildman–Crippen MR) is 126 cm³/mol. The average Bonchev–Trinajstić information content (AvgIpc) is 3.58. The van der Waals surface area contributed by atoms with E-state index in [-0.39, 0.29) is 11.7 Å². The van der Waals surface area contributed by atoms with Crippen LogP contribution in [-0.4, -0.2) is 46.6 Å². The fourth-order valence-electron chi connectivity index (χ4n) is 3.09. The third-order valence-electron chi connectivity index (χ3n) is 4.74. The zero-order valence-corrected chi connectivity index (χ0v) is 19.7. The third-order valence-corrected chi connectivity index (χ3v) is 6.66. The molecule has 0 aliphatic rings. The highest BCUT2D eigenvalue weighted by atomic mass is 32.2. The molecule has 9 nitrogen and oxygen atoms in total. The van der Waals surface area contributed by atoms with Gasteiger partial charge >= 0.3 is 5.97 Å². The summed E-state index contributed by atoms with van der Waals surface area (Å²) in [4.78, 5) is 25.2. The van der Waals surface area contributed by atoms with E-state index in [2.05, 4.69) is 15.5 Å². The second-order valence-electron chi connectivity index (χ2n) is 6.75. The molecular formula is C22H20N4O5S2. The molecule has 0 fully saturated rings. The topological polar surface area (TPSA) is 108 Å². The lowest BCUT2D eigenvalue weighted by Gasteiger charge is -2.08. The predicted octanol–water partition coefficient (Wildman–Crippen LogP) is 4.33. The fraction of sp³-hybridized carbons (Fsp3) is 0.182. The molecule has 0 saturated carbocycles. The maximum atomic E-state index is 12.7. The Morgan fingerprint density at radius 3 is 2.64 bits per heavy atom. The van der Waals surface area contributed by atoms with E-state index in [0.29, 0.717) is 38.6 Å². The zero-order valence-electron chi connectivity index (χ0n) is 18.0.